The van der Waals surface area contributed by atoms with Gasteiger partial charge in [-0.05, 0) is 37.1 Å². The first-order valence-electron chi connectivity index (χ1n) is 7.33. The van der Waals surface area contributed by atoms with E-state index in [0.29, 0.717) is 30.4 Å². The van der Waals surface area contributed by atoms with E-state index < -0.39 is 0 Å². The van der Waals surface area contributed by atoms with Crippen molar-refractivity contribution in [1.82, 2.24) is 10.2 Å². The van der Waals surface area contributed by atoms with E-state index in [9.17, 15) is 4.79 Å². The maximum Gasteiger partial charge on any atom is 0.222 e. The number of aryl methyl sites for hydroxylation is 1. The molecule has 1 N–H and O–H groups in total. The lowest BCUT2D eigenvalue weighted by atomic mass is 10.1. The van der Waals surface area contributed by atoms with Crippen molar-refractivity contribution in [2.75, 3.05) is 34.4 Å². The maximum atomic E-state index is 12.2. The number of nitrogens with zero attached hydrogens (tertiary/aromatic N) is 1. The van der Waals surface area contributed by atoms with E-state index in [1.165, 1.54) is 0 Å². The minimum atomic E-state index is 0.193. The Morgan fingerprint density at radius 2 is 2.10 bits per heavy atom. The molecule has 0 saturated carbocycles. The summed E-state index contributed by atoms with van der Waals surface area (Å²) in [5.74, 6) is 1.61. The zero-order chi connectivity index (χ0) is 15.2. The minimum absolute atomic E-state index is 0.193. The SMILES string of the molecule is COc1ccc(CCC(=O)N(C)C2CCNC2)cc1OC. The first kappa shape index (κ1) is 15.6. The lowest BCUT2D eigenvalue weighted by molar-refractivity contribution is -0.131. The van der Waals surface area contributed by atoms with Crippen molar-refractivity contribution in [3.8, 4) is 11.5 Å². The van der Waals surface area contributed by atoms with Crippen LogP contribution in [0.3, 0.4) is 0 Å². The molecule has 1 heterocycles. The van der Waals surface area contributed by atoms with Crippen molar-refractivity contribution >= 4 is 5.91 Å². The highest BCUT2D eigenvalue weighted by atomic mass is 16.5. The van der Waals surface area contributed by atoms with Gasteiger partial charge in [-0.25, -0.2) is 0 Å². The van der Waals surface area contributed by atoms with Gasteiger partial charge in [0.05, 0.1) is 14.2 Å². The molecule has 1 aliphatic heterocycles. The normalized spacial score (nSPS) is 17.6. The third kappa shape index (κ3) is 3.88. The second kappa shape index (κ2) is 7.31. The van der Waals surface area contributed by atoms with E-state index >= 15 is 0 Å². The predicted molar refractivity (Wildman–Crippen MR) is 81.9 cm³/mol. The number of nitrogens with one attached hydrogen (secondary N) is 1. The number of carbonyl (C=O) groups excluding carboxylic acids is 1. The predicted octanol–water partition coefficient (Wildman–Crippen LogP) is 1.46. The van der Waals surface area contributed by atoms with Crippen LogP contribution in [0.2, 0.25) is 0 Å². The van der Waals surface area contributed by atoms with E-state index in [2.05, 4.69) is 5.32 Å². The highest BCUT2D eigenvalue weighted by molar-refractivity contribution is 5.76. The van der Waals surface area contributed by atoms with Gasteiger partial charge >= 0.3 is 0 Å². The monoisotopic (exact) mass is 292 g/mol. The fraction of sp³-hybridized carbons (Fsp3) is 0.562. The van der Waals surface area contributed by atoms with Crippen molar-refractivity contribution in [1.29, 1.82) is 0 Å². The molecule has 1 aromatic rings. The third-order valence-electron chi connectivity index (χ3n) is 4.05. The van der Waals surface area contributed by atoms with Crippen LogP contribution in [-0.4, -0.2) is 51.2 Å². The molecule has 116 valence electrons. The highest BCUT2D eigenvalue weighted by Crippen LogP contribution is 2.28. The zero-order valence-corrected chi connectivity index (χ0v) is 13.0. The van der Waals surface area contributed by atoms with Gasteiger partial charge in [0.25, 0.3) is 0 Å². The molecule has 5 heteroatoms. The van der Waals surface area contributed by atoms with Crippen molar-refractivity contribution < 1.29 is 14.3 Å². The lowest BCUT2D eigenvalue weighted by Crippen LogP contribution is -2.38. The summed E-state index contributed by atoms with van der Waals surface area (Å²) in [7, 11) is 5.13. The molecule has 1 aliphatic rings. The number of hydrogen-bond acceptors (Lipinski definition) is 4. The quantitative estimate of drug-likeness (QED) is 0.862. The first-order valence-corrected chi connectivity index (χ1v) is 7.33. The average Bonchev–Trinajstić information content (AvgIpc) is 3.05. The van der Waals surface area contributed by atoms with Crippen molar-refractivity contribution in [2.45, 2.75) is 25.3 Å². The van der Waals surface area contributed by atoms with Crippen LogP contribution < -0.4 is 14.8 Å². The van der Waals surface area contributed by atoms with Gasteiger partial charge in [0.2, 0.25) is 5.91 Å². The first-order chi connectivity index (χ1) is 10.2. The van der Waals surface area contributed by atoms with Crippen LogP contribution >= 0.6 is 0 Å². The second-order valence-electron chi connectivity index (χ2n) is 5.34. The van der Waals surface area contributed by atoms with Crippen LogP contribution in [0.15, 0.2) is 18.2 Å². The Morgan fingerprint density at radius 3 is 2.71 bits per heavy atom. The Balaban J connectivity index is 1.91. The molecule has 0 bridgehead atoms. The Bertz CT molecular complexity index is 484. The van der Waals surface area contributed by atoms with Crippen LogP contribution in [0.25, 0.3) is 0 Å². The van der Waals surface area contributed by atoms with Gasteiger partial charge in [-0.1, -0.05) is 6.07 Å². The Morgan fingerprint density at radius 1 is 1.33 bits per heavy atom. The van der Waals surface area contributed by atoms with Crippen LogP contribution in [0, 0.1) is 0 Å². The molecule has 0 spiro atoms. The number of carbonyl (C=O) groups is 1. The summed E-state index contributed by atoms with van der Waals surface area (Å²) in [6.45, 7) is 1.90. The number of likely N-dealkylation sites (N-methyl/N-ethyl adjacent to an activating group) is 1. The average molecular weight is 292 g/mol. The fourth-order valence-electron chi connectivity index (χ4n) is 2.64. The number of methoxy groups -OCH3 is 2. The number of amides is 1. The van der Waals surface area contributed by atoms with Crippen molar-refractivity contribution in [2.24, 2.45) is 0 Å². The molecule has 5 nitrogen and oxygen atoms in total. The summed E-state index contributed by atoms with van der Waals surface area (Å²) >= 11 is 0. The molecule has 1 aromatic carbocycles. The highest BCUT2D eigenvalue weighted by Gasteiger charge is 2.22. The van der Waals surface area contributed by atoms with Crippen LogP contribution in [0.1, 0.15) is 18.4 Å². The van der Waals surface area contributed by atoms with Gasteiger partial charge in [-0.3, -0.25) is 4.79 Å². The minimum Gasteiger partial charge on any atom is -0.493 e. The van der Waals surface area contributed by atoms with E-state index in [1.54, 1.807) is 14.2 Å². The van der Waals surface area contributed by atoms with E-state index in [4.69, 9.17) is 9.47 Å². The Kier molecular flexibility index (Phi) is 5.44. The molecule has 0 aromatic heterocycles. The van der Waals surface area contributed by atoms with Gasteiger partial charge in [0.15, 0.2) is 11.5 Å². The lowest BCUT2D eigenvalue weighted by Gasteiger charge is -2.23. The van der Waals surface area contributed by atoms with Gasteiger partial charge in [0, 0.05) is 26.1 Å². The number of hydrogen-bond donors (Lipinski definition) is 1. The topological polar surface area (TPSA) is 50.8 Å². The maximum absolute atomic E-state index is 12.2. The van der Waals surface area contributed by atoms with Gasteiger partial charge in [-0.2, -0.15) is 0 Å². The van der Waals surface area contributed by atoms with E-state index in [1.807, 2.05) is 30.1 Å². The molecular formula is C16H24N2O3. The summed E-state index contributed by atoms with van der Waals surface area (Å²) in [6.07, 6.45) is 2.27. The summed E-state index contributed by atoms with van der Waals surface area (Å²) in [4.78, 5) is 14.1. The third-order valence-corrected chi connectivity index (χ3v) is 4.05. The Hall–Kier alpha value is -1.75. The summed E-state index contributed by atoms with van der Waals surface area (Å²) < 4.78 is 10.5. The molecule has 1 atom stereocenters. The molecule has 0 radical (unpaired) electrons. The van der Waals surface area contributed by atoms with Crippen LogP contribution in [-0.2, 0) is 11.2 Å². The van der Waals surface area contributed by atoms with Gasteiger partial charge in [0.1, 0.15) is 0 Å². The zero-order valence-electron chi connectivity index (χ0n) is 13.0. The number of ether oxygens (including phenoxy) is 2. The summed E-state index contributed by atoms with van der Waals surface area (Å²) in [6, 6.07) is 6.13. The molecular weight excluding hydrogens is 268 g/mol. The molecule has 21 heavy (non-hydrogen) atoms. The molecule has 1 amide bonds. The fourth-order valence-corrected chi connectivity index (χ4v) is 2.64. The number of rotatable bonds is 6. The molecule has 0 aliphatic carbocycles. The standard InChI is InChI=1S/C16H24N2O3/c1-18(13-8-9-17-11-13)16(19)7-5-12-4-6-14(20-2)15(10-12)21-3/h4,6,10,13,17H,5,7-9,11H2,1-3H3. The molecule has 1 unspecified atom stereocenters. The largest absolute Gasteiger partial charge is 0.493 e. The van der Waals surface area contributed by atoms with Gasteiger partial charge < -0.3 is 19.7 Å². The molecule has 1 saturated heterocycles. The summed E-state index contributed by atoms with van der Waals surface area (Å²) in [5.41, 5.74) is 1.08. The Labute approximate surface area is 126 Å². The molecule has 2 rings (SSSR count). The van der Waals surface area contributed by atoms with Crippen LogP contribution in [0.4, 0.5) is 0 Å². The smallest absolute Gasteiger partial charge is 0.222 e. The van der Waals surface area contributed by atoms with Gasteiger partial charge in [-0.15, -0.1) is 0 Å². The number of benzene rings is 1. The van der Waals surface area contributed by atoms with Crippen LogP contribution in [0.5, 0.6) is 11.5 Å². The van der Waals surface area contributed by atoms with E-state index in [-0.39, 0.29) is 5.91 Å². The van der Waals surface area contributed by atoms with Crippen molar-refractivity contribution in [3.05, 3.63) is 23.8 Å². The molecule has 1 fully saturated rings. The van der Waals surface area contributed by atoms with E-state index in [0.717, 1.165) is 25.1 Å². The van der Waals surface area contributed by atoms with Crippen molar-refractivity contribution in [3.63, 3.8) is 0 Å². The summed E-state index contributed by atoms with van der Waals surface area (Å²) in [5, 5.41) is 3.29. The second-order valence-corrected chi connectivity index (χ2v) is 5.34.